The molecule has 1 aliphatic rings. The van der Waals surface area contributed by atoms with Gasteiger partial charge in [0, 0.05) is 6.04 Å². The maximum Gasteiger partial charge on any atom is 0.00390 e. The summed E-state index contributed by atoms with van der Waals surface area (Å²) >= 11 is 0. The fourth-order valence-electron chi connectivity index (χ4n) is 2.82. The molecule has 0 unspecified atom stereocenters. The van der Waals surface area contributed by atoms with Crippen LogP contribution < -0.4 is 5.73 Å². The molecule has 3 atom stereocenters. The molecule has 2 N–H and O–H groups in total. The Labute approximate surface area is 76.7 Å². The van der Waals surface area contributed by atoms with Crippen molar-refractivity contribution in [2.45, 2.75) is 53.0 Å². The van der Waals surface area contributed by atoms with Crippen molar-refractivity contribution in [3.63, 3.8) is 0 Å². The van der Waals surface area contributed by atoms with Crippen LogP contribution in [0.5, 0.6) is 0 Å². The zero-order valence-corrected chi connectivity index (χ0v) is 8.93. The second-order valence-electron chi connectivity index (χ2n) is 5.53. The van der Waals surface area contributed by atoms with Gasteiger partial charge in [-0.25, -0.2) is 0 Å². The SMILES string of the molecule is C[C@@H]1C[C@@H]([C@@H](C)N)CC(C)(C)C1. The summed E-state index contributed by atoms with van der Waals surface area (Å²) in [5.74, 6) is 1.62. The molecule has 1 fully saturated rings. The van der Waals surface area contributed by atoms with Crippen molar-refractivity contribution in [2.75, 3.05) is 0 Å². The van der Waals surface area contributed by atoms with Gasteiger partial charge in [-0.3, -0.25) is 0 Å². The summed E-state index contributed by atoms with van der Waals surface area (Å²) in [6.07, 6.45) is 4.02. The summed E-state index contributed by atoms with van der Waals surface area (Å²) in [7, 11) is 0. The number of nitrogens with two attached hydrogens (primary N) is 1. The van der Waals surface area contributed by atoms with Crippen LogP contribution in [0.1, 0.15) is 47.0 Å². The minimum Gasteiger partial charge on any atom is -0.328 e. The van der Waals surface area contributed by atoms with Gasteiger partial charge in [-0.15, -0.1) is 0 Å². The van der Waals surface area contributed by atoms with Crippen LogP contribution in [0.25, 0.3) is 0 Å². The Morgan fingerprint density at radius 1 is 1.33 bits per heavy atom. The Bertz CT molecular complexity index is 149. The molecule has 0 bridgehead atoms. The topological polar surface area (TPSA) is 26.0 Å². The molecule has 0 aromatic rings. The van der Waals surface area contributed by atoms with Crippen LogP contribution in [0.2, 0.25) is 0 Å². The first-order valence-electron chi connectivity index (χ1n) is 5.16. The lowest BCUT2D eigenvalue weighted by Gasteiger charge is -2.40. The first kappa shape index (κ1) is 10.0. The highest BCUT2D eigenvalue weighted by atomic mass is 14.6. The van der Waals surface area contributed by atoms with Crippen molar-refractivity contribution in [1.29, 1.82) is 0 Å². The molecular weight excluding hydrogens is 146 g/mol. The summed E-state index contributed by atoms with van der Waals surface area (Å²) in [6, 6.07) is 0.382. The Kier molecular flexibility index (Phi) is 2.82. The molecule has 0 spiro atoms. The van der Waals surface area contributed by atoms with E-state index in [0.29, 0.717) is 11.5 Å². The van der Waals surface area contributed by atoms with Crippen molar-refractivity contribution in [2.24, 2.45) is 23.0 Å². The Balaban J connectivity index is 2.58. The van der Waals surface area contributed by atoms with E-state index in [1.54, 1.807) is 0 Å². The number of rotatable bonds is 1. The fourth-order valence-corrected chi connectivity index (χ4v) is 2.82. The smallest absolute Gasteiger partial charge is 0.00390 e. The average Bonchev–Trinajstić information content (AvgIpc) is 1.82. The van der Waals surface area contributed by atoms with Gasteiger partial charge < -0.3 is 5.73 Å². The quantitative estimate of drug-likeness (QED) is 0.642. The Hall–Kier alpha value is -0.0400. The predicted molar refractivity (Wildman–Crippen MR) is 53.9 cm³/mol. The number of hydrogen-bond acceptors (Lipinski definition) is 1. The lowest BCUT2D eigenvalue weighted by atomic mass is 9.66. The van der Waals surface area contributed by atoms with Gasteiger partial charge in [0.1, 0.15) is 0 Å². The van der Waals surface area contributed by atoms with Crippen LogP contribution in [0.3, 0.4) is 0 Å². The molecule has 0 aliphatic heterocycles. The number of hydrogen-bond donors (Lipinski definition) is 1. The minimum atomic E-state index is 0.382. The van der Waals surface area contributed by atoms with E-state index in [-0.39, 0.29) is 0 Å². The van der Waals surface area contributed by atoms with E-state index in [9.17, 15) is 0 Å². The van der Waals surface area contributed by atoms with Gasteiger partial charge >= 0.3 is 0 Å². The van der Waals surface area contributed by atoms with Gasteiger partial charge in [0.2, 0.25) is 0 Å². The summed E-state index contributed by atoms with van der Waals surface area (Å²) in [5, 5.41) is 0. The molecule has 12 heavy (non-hydrogen) atoms. The molecular formula is C11H23N. The van der Waals surface area contributed by atoms with E-state index in [0.717, 1.165) is 11.8 Å². The van der Waals surface area contributed by atoms with Crippen LogP contribution in [-0.2, 0) is 0 Å². The standard InChI is InChI=1S/C11H23N/c1-8-5-10(9(2)12)7-11(3,4)6-8/h8-10H,5-7,12H2,1-4H3/t8-,9-,10-/m1/s1. The highest BCUT2D eigenvalue weighted by Crippen LogP contribution is 2.42. The zero-order valence-electron chi connectivity index (χ0n) is 8.93. The van der Waals surface area contributed by atoms with Crippen LogP contribution in [0.4, 0.5) is 0 Å². The van der Waals surface area contributed by atoms with Crippen molar-refractivity contribution in [3.05, 3.63) is 0 Å². The first-order chi connectivity index (χ1) is 5.41. The third kappa shape index (κ3) is 2.48. The summed E-state index contributed by atoms with van der Waals surface area (Å²) in [5.41, 5.74) is 6.47. The van der Waals surface area contributed by atoms with E-state index in [1.165, 1.54) is 19.3 Å². The molecule has 1 rings (SSSR count). The highest BCUT2D eigenvalue weighted by Gasteiger charge is 2.33. The van der Waals surface area contributed by atoms with Crippen LogP contribution >= 0.6 is 0 Å². The molecule has 1 aliphatic carbocycles. The van der Waals surface area contributed by atoms with Crippen LogP contribution in [0.15, 0.2) is 0 Å². The van der Waals surface area contributed by atoms with Gasteiger partial charge in [-0.1, -0.05) is 20.8 Å². The van der Waals surface area contributed by atoms with Crippen molar-refractivity contribution >= 4 is 0 Å². The van der Waals surface area contributed by atoms with Gasteiger partial charge in [0.15, 0.2) is 0 Å². The van der Waals surface area contributed by atoms with E-state index >= 15 is 0 Å². The molecule has 0 saturated heterocycles. The molecule has 1 nitrogen and oxygen atoms in total. The normalized spacial score (nSPS) is 37.8. The van der Waals surface area contributed by atoms with Crippen LogP contribution in [-0.4, -0.2) is 6.04 Å². The molecule has 1 heteroatoms. The van der Waals surface area contributed by atoms with E-state index in [2.05, 4.69) is 27.7 Å². The molecule has 0 aromatic carbocycles. The zero-order chi connectivity index (χ0) is 9.35. The maximum absolute atomic E-state index is 5.95. The van der Waals surface area contributed by atoms with Crippen molar-refractivity contribution in [3.8, 4) is 0 Å². The highest BCUT2D eigenvalue weighted by molar-refractivity contribution is 4.85. The molecule has 72 valence electrons. The predicted octanol–water partition coefficient (Wildman–Crippen LogP) is 2.80. The largest absolute Gasteiger partial charge is 0.328 e. The van der Waals surface area contributed by atoms with Crippen molar-refractivity contribution in [1.82, 2.24) is 0 Å². The Morgan fingerprint density at radius 3 is 2.33 bits per heavy atom. The third-order valence-electron chi connectivity index (χ3n) is 3.16. The summed E-state index contributed by atoms with van der Waals surface area (Å²) in [6.45, 7) is 9.26. The van der Waals surface area contributed by atoms with E-state index < -0.39 is 0 Å². The molecule has 0 amide bonds. The second-order valence-corrected chi connectivity index (χ2v) is 5.53. The first-order valence-corrected chi connectivity index (χ1v) is 5.16. The molecule has 1 saturated carbocycles. The molecule has 0 heterocycles. The minimum absolute atomic E-state index is 0.382. The summed E-state index contributed by atoms with van der Waals surface area (Å²) < 4.78 is 0. The molecule has 0 radical (unpaired) electrons. The fraction of sp³-hybridized carbons (Fsp3) is 1.00. The average molecular weight is 169 g/mol. The lowest BCUT2D eigenvalue weighted by Crippen LogP contribution is -2.36. The molecule has 0 aromatic heterocycles. The van der Waals surface area contributed by atoms with E-state index in [1.807, 2.05) is 0 Å². The monoisotopic (exact) mass is 169 g/mol. The van der Waals surface area contributed by atoms with Gasteiger partial charge in [0.25, 0.3) is 0 Å². The van der Waals surface area contributed by atoms with Crippen molar-refractivity contribution < 1.29 is 0 Å². The second kappa shape index (κ2) is 3.37. The summed E-state index contributed by atoms with van der Waals surface area (Å²) in [4.78, 5) is 0. The van der Waals surface area contributed by atoms with E-state index in [4.69, 9.17) is 5.73 Å². The Morgan fingerprint density at radius 2 is 1.92 bits per heavy atom. The van der Waals surface area contributed by atoms with Gasteiger partial charge in [-0.2, -0.15) is 0 Å². The van der Waals surface area contributed by atoms with Gasteiger partial charge in [0.05, 0.1) is 0 Å². The van der Waals surface area contributed by atoms with Gasteiger partial charge in [-0.05, 0) is 43.4 Å². The maximum atomic E-state index is 5.95. The lowest BCUT2D eigenvalue weighted by molar-refractivity contribution is 0.120. The third-order valence-corrected chi connectivity index (χ3v) is 3.16. The van der Waals surface area contributed by atoms with Crippen LogP contribution in [0, 0.1) is 17.3 Å².